The number of aliphatic hydroxyl groups is 1. The molecule has 2 atom stereocenters. The number of carbonyl (C=O) groups excluding carboxylic acids is 1. The van der Waals surface area contributed by atoms with Crippen molar-refractivity contribution < 1.29 is 14.6 Å². The molecule has 0 aliphatic carbocycles. The summed E-state index contributed by atoms with van der Waals surface area (Å²) in [5.74, 6) is 0.539. The minimum Gasteiger partial charge on any atom is -0.497 e. The first-order valence-electron chi connectivity index (χ1n) is 8.40. The fraction of sp³-hybridized carbons (Fsp3) is 0.421. The Kier molecular flexibility index (Phi) is 4.72. The Morgan fingerprint density at radius 2 is 2.00 bits per heavy atom. The number of nitrogens with zero attached hydrogens (tertiary/aromatic N) is 3. The highest BCUT2D eigenvalue weighted by Gasteiger charge is 2.43. The summed E-state index contributed by atoms with van der Waals surface area (Å²) in [6.07, 6.45) is 4.67. The SMILES string of the molecule is COc1ccc([C@@](C)(O)[C@H]2CCCN2C(=O)c2cnc(C)cn2)cc1. The van der Waals surface area contributed by atoms with E-state index in [1.807, 2.05) is 31.2 Å². The lowest BCUT2D eigenvalue weighted by Crippen LogP contribution is -2.48. The number of amides is 1. The molecule has 1 aromatic heterocycles. The largest absolute Gasteiger partial charge is 0.497 e. The Labute approximate surface area is 147 Å². The lowest BCUT2D eigenvalue weighted by molar-refractivity contribution is -0.0179. The maximum atomic E-state index is 12.8. The molecule has 1 saturated heterocycles. The molecule has 0 unspecified atom stereocenters. The van der Waals surface area contributed by atoms with Gasteiger partial charge in [-0.15, -0.1) is 0 Å². The summed E-state index contributed by atoms with van der Waals surface area (Å²) in [5, 5.41) is 11.2. The fourth-order valence-corrected chi connectivity index (χ4v) is 3.37. The van der Waals surface area contributed by atoms with Crippen molar-refractivity contribution in [3.63, 3.8) is 0 Å². The summed E-state index contributed by atoms with van der Waals surface area (Å²) in [4.78, 5) is 22.9. The highest BCUT2D eigenvalue weighted by Crippen LogP contribution is 2.35. The second-order valence-electron chi connectivity index (χ2n) is 6.58. The van der Waals surface area contributed by atoms with Crippen molar-refractivity contribution in [1.82, 2.24) is 14.9 Å². The number of benzene rings is 1. The summed E-state index contributed by atoms with van der Waals surface area (Å²) in [6, 6.07) is 7.00. The summed E-state index contributed by atoms with van der Waals surface area (Å²) < 4.78 is 5.17. The highest BCUT2D eigenvalue weighted by atomic mass is 16.5. The molecule has 2 aromatic rings. The maximum absolute atomic E-state index is 12.8. The van der Waals surface area contributed by atoms with Gasteiger partial charge < -0.3 is 14.7 Å². The van der Waals surface area contributed by atoms with Gasteiger partial charge in [-0.25, -0.2) is 4.98 Å². The van der Waals surface area contributed by atoms with Gasteiger partial charge in [0.25, 0.3) is 5.91 Å². The zero-order chi connectivity index (χ0) is 18.0. The van der Waals surface area contributed by atoms with Crippen LogP contribution in [0.1, 0.15) is 41.5 Å². The van der Waals surface area contributed by atoms with E-state index >= 15 is 0 Å². The van der Waals surface area contributed by atoms with Crippen molar-refractivity contribution in [3.05, 3.63) is 53.6 Å². The second-order valence-corrected chi connectivity index (χ2v) is 6.58. The molecule has 1 aromatic carbocycles. The smallest absolute Gasteiger partial charge is 0.274 e. The Bertz CT molecular complexity index is 742. The summed E-state index contributed by atoms with van der Waals surface area (Å²) in [5.41, 5.74) is 0.673. The number of ether oxygens (including phenoxy) is 1. The average molecular weight is 341 g/mol. The van der Waals surface area contributed by atoms with Crippen molar-refractivity contribution in [1.29, 1.82) is 0 Å². The fourth-order valence-electron chi connectivity index (χ4n) is 3.37. The molecular weight excluding hydrogens is 318 g/mol. The first-order valence-corrected chi connectivity index (χ1v) is 8.40. The molecule has 0 radical (unpaired) electrons. The van der Waals surface area contributed by atoms with E-state index in [9.17, 15) is 9.90 Å². The van der Waals surface area contributed by atoms with Crippen LogP contribution in [0, 0.1) is 6.92 Å². The van der Waals surface area contributed by atoms with Crippen molar-refractivity contribution >= 4 is 5.91 Å². The van der Waals surface area contributed by atoms with Gasteiger partial charge >= 0.3 is 0 Å². The standard InChI is InChI=1S/C19H23N3O3/c1-13-11-21-16(12-20-13)18(23)22-10-4-5-17(22)19(2,24)14-6-8-15(25-3)9-7-14/h6-9,11-12,17,24H,4-5,10H2,1-3H3/t17-,19-/m1/s1. The predicted octanol–water partition coefficient (Wildman–Crippen LogP) is 2.31. The van der Waals surface area contributed by atoms with E-state index in [-0.39, 0.29) is 11.9 Å². The molecule has 25 heavy (non-hydrogen) atoms. The van der Waals surface area contributed by atoms with E-state index in [1.165, 1.54) is 6.20 Å². The average Bonchev–Trinajstić information content (AvgIpc) is 3.12. The number of aromatic nitrogens is 2. The Morgan fingerprint density at radius 3 is 2.60 bits per heavy atom. The van der Waals surface area contributed by atoms with Crippen LogP contribution in [0.3, 0.4) is 0 Å². The molecule has 3 rings (SSSR count). The normalized spacial score (nSPS) is 19.5. The van der Waals surface area contributed by atoms with Crippen LogP contribution in [0.4, 0.5) is 0 Å². The predicted molar refractivity (Wildman–Crippen MR) is 93.4 cm³/mol. The van der Waals surface area contributed by atoms with Crippen LogP contribution in [-0.4, -0.2) is 45.6 Å². The molecule has 6 heteroatoms. The van der Waals surface area contributed by atoms with Gasteiger partial charge in [0.2, 0.25) is 0 Å². The number of hydrogen-bond donors (Lipinski definition) is 1. The maximum Gasteiger partial charge on any atom is 0.274 e. The molecular formula is C19H23N3O3. The van der Waals surface area contributed by atoms with Crippen LogP contribution in [0.2, 0.25) is 0 Å². The van der Waals surface area contributed by atoms with Gasteiger partial charge in [0.05, 0.1) is 25.0 Å². The van der Waals surface area contributed by atoms with E-state index in [0.717, 1.165) is 29.8 Å². The van der Waals surface area contributed by atoms with Gasteiger partial charge in [0, 0.05) is 12.7 Å². The van der Waals surface area contributed by atoms with Crippen LogP contribution in [0.25, 0.3) is 0 Å². The molecule has 1 aliphatic rings. The van der Waals surface area contributed by atoms with E-state index < -0.39 is 5.60 Å². The van der Waals surface area contributed by atoms with E-state index in [1.54, 1.807) is 25.1 Å². The minimum absolute atomic E-state index is 0.191. The molecule has 0 bridgehead atoms. The topological polar surface area (TPSA) is 75.6 Å². The summed E-state index contributed by atoms with van der Waals surface area (Å²) in [6.45, 7) is 4.19. The van der Waals surface area contributed by atoms with E-state index in [2.05, 4.69) is 9.97 Å². The molecule has 0 saturated carbocycles. The summed E-state index contributed by atoms with van der Waals surface area (Å²) in [7, 11) is 1.60. The molecule has 0 spiro atoms. The van der Waals surface area contributed by atoms with E-state index in [0.29, 0.717) is 12.2 Å². The number of hydrogen-bond acceptors (Lipinski definition) is 5. The third-order valence-electron chi connectivity index (χ3n) is 4.84. The Balaban J connectivity index is 1.86. The van der Waals surface area contributed by atoms with Crippen molar-refractivity contribution in [2.24, 2.45) is 0 Å². The van der Waals surface area contributed by atoms with Gasteiger partial charge in [0.15, 0.2) is 0 Å². The van der Waals surface area contributed by atoms with Gasteiger partial charge in [-0.1, -0.05) is 12.1 Å². The quantitative estimate of drug-likeness (QED) is 0.923. The number of likely N-dealkylation sites (tertiary alicyclic amines) is 1. The monoisotopic (exact) mass is 341 g/mol. The molecule has 1 fully saturated rings. The first kappa shape index (κ1) is 17.4. The molecule has 132 valence electrons. The van der Waals surface area contributed by atoms with Crippen molar-refractivity contribution in [2.45, 2.75) is 38.3 Å². The van der Waals surface area contributed by atoms with Gasteiger partial charge in [-0.3, -0.25) is 9.78 Å². The van der Waals surface area contributed by atoms with Crippen molar-refractivity contribution in [3.8, 4) is 5.75 Å². The molecule has 2 heterocycles. The van der Waals surface area contributed by atoms with Crippen LogP contribution in [0.15, 0.2) is 36.7 Å². The number of rotatable bonds is 4. The molecule has 1 amide bonds. The van der Waals surface area contributed by atoms with Gasteiger partial charge in [-0.05, 0) is 44.4 Å². The lowest BCUT2D eigenvalue weighted by Gasteiger charge is -2.36. The first-order chi connectivity index (χ1) is 11.9. The van der Waals surface area contributed by atoms with E-state index in [4.69, 9.17) is 4.74 Å². The number of aryl methyl sites for hydroxylation is 1. The highest BCUT2D eigenvalue weighted by molar-refractivity contribution is 5.92. The van der Waals surface area contributed by atoms with Crippen LogP contribution in [0.5, 0.6) is 5.75 Å². The zero-order valence-electron chi connectivity index (χ0n) is 14.8. The minimum atomic E-state index is -1.16. The molecule has 6 nitrogen and oxygen atoms in total. The third kappa shape index (κ3) is 3.35. The van der Waals surface area contributed by atoms with Crippen LogP contribution < -0.4 is 4.74 Å². The van der Waals surface area contributed by atoms with Crippen molar-refractivity contribution in [2.75, 3.05) is 13.7 Å². The third-order valence-corrected chi connectivity index (χ3v) is 4.84. The zero-order valence-corrected chi connectivity index (χ0v) is 14.8. The Morgan fingerprint density at radius 1 is 1.28 bits per heavy atom. The van der Waals surface area contributed by atoms with Crippen LogP contribution in [-0.2, 0) is 5.60 Å². The van der Waals surface area contributed by atoms with Gasteiger partial charge in [0.1, 0.15) is 17.0 Å². The lowest BCUT2D eigenvalue weighted by atomic mass is 9.86. The number of carbonyl (C=O) groups is 1. The molecule has 1 aliphatic heterocycles. The molecule has 1 N–H and O–H groups in total. The summed E-state index contributed by atoms with van der Waals surface area (Å²) >= 11 is 0. The van der Waals surface area contributed by atoms with Crippen LogP contribution >= 0.6 is 0 Å². The Hall–Kier alpha value is -2.47. The second kappa shape index (κ2) is 6.80. The number of methoxy groups -OCH3 is 1. The van der Waals surface area contributed by atoms with Gasteiger partial charge in [-0.2, -0.15) is 0 Å².